The van der Waals surface area contributed by atoms with Crippen molar-refractivity contribution in [1.29, 1.82) is 0 Å². The Morgan fingerprint density at radius 1 is 0.875 bits per heavy atom. The maximum Gasteiger partial charge on any atom is 0.243 e. The van der Waals surface area contributed by atoms with E-state index in [9.17, 15) is 21.6 Å². The van der Waals surface area contributed by atoms with Crippen LogP contribution in [-0.2, 0) is 24.7 Å². The first-order valence-corrected chi connectivity index (χ1v) is 13.6. The number of hydrogen-bond acceptors (Lipinski definition) is 6. The van der Waals surface area contributed by atoms with Gasteiger partial charge in [-0.05, 0) is 49.9 Å². The minimum Gasteiger partial charge on any atom is -0.326 e. The van der Waals surface area contributed by atoms with E-state index in [1.807, 2.05) is 6.92 Å². The third kappa shape index (κ3) is 5.94. The van der Waals surface area contributed by atoms with E-state index >= 15 is 0 Å². The van der Waals surface area contributed by atoms with Crippen LogP contribution < -0.4 is 5.32 Å². The van der Waals surface area contributed by atoms with Gasteiger partial charge in [-0.15, -0.1) is 0 Å². The lowest BCUT2D eigenvalue weighted by atomic mass is 10.2. The van der Waals surface area contributed by atoms with Gasteiger partial charge in [-0.2, -0.15) is 4.31 Å². The number of sulfone groups is 1. The number of nitrogens with one attached hydrogen (secondary N) is 1. The van der Waals surface area contributed by atoms with E-state index in [1.165, 1.54) is 40.7 Å². The summed E-state index contributed by atoms with van der Waals surface area (Å²) in [4.78, 5) is 14.8. The number of carbonyl (C=O) groups is 1. The van der Waals surface area contributed by atoms with Crippen LogP contribution in [-0.4, -0.2) is 70.4 Å². The molecule has 0 spiro atoms. The Hall–Kier alpha value is -2.27. The largest absolute Gasteiger partial charge is 0.326 e. The second kappa shape index (κ2) is 10.1. The highest BCUT2D eigenvalue weighted by Gasteiger charge is 2.28. The van der Waals surface area contributed by atoms with Gasteiger partial charge in [0.25, 0.3) is 0 Å². The van der Waals surface area contributed by atoms with Gasteiger partial charge in [0.1, 0.15) is 0 Å². The van der Waals surface area contributed by atoms with E-state index in [0.717, 1.165) is 12.1 Å². The molecule has 2 aromatic rings. The van der Waals surface area contributed by atoms with Crippen molar-refractivity contribution in [1.82, 2.24) is 9.21 Å². The van der Waals surface area contributed by atoms with Gasteiger partial charge in [-0.25, -0.2) is 16.8 Å². The monoisotopic (exact) mass is 479 g/mol. The van der Waals surface area contributed by atoms with Gasteiger partial charge >= 0.3 is 0 Å². The molecule has 1 N–H and O–H groups in total. The molecule has 1 aliphatic heterocycles. The van der Waals surface area contributed by atoms with Gasteiger partial charge in [0.2, 0.25) is 15.9 Å². The van der Waals surface area contributed by atoms with Crippen molar-refractivity contribution < 1.29 is 21.6 Å². The number of rotatable bonds is 8. The van der Waals surface area contributed by atoms with Gasteiger partial charge in [-0.3, -0.25) is 4.79 Å². The highest BCUT2D eigenvalue weighted by molar-refractivity contribution is 7.91. The lowest BCUT2D eigenvalue weighted by Crippen LogP contribution is -2.48. The average molecular weight is 480 g/mol. The van der Waals surface area contributed by atoms with Crippen LogP contribution in [0.5, 0.6) is 0 Å². The number of nitrogens with zero attached hydrogens (tertiary/aromatic N) is 2. The summed E-state index contributed by atoms with van der Waals surface area (Å²) in [6, 6.07) is 12.4. The fourth-order valence-corrected chi connectivity index (χ4v) is 6.12. The number of hydrogen-bond donors (Lipinski definition) is 1. The van der Waals surface area contributed by atoms with Crippen molar-refractivity contribution in [3.63, 3.8) is 0 Å². The maximum atomic E-state index is 12.8. The van der Waals surface area contributed by atoms with Crippen LogP contribution in [0.4, 0.5) is 5.69 Å². The molecule has 1 saturated heterocycles. The second-order valence-corrected chi connectivity index (χ2v) is 11.8. The Balaban J connectivity index is 1.57. The molecule has 8 nitrogen and oxygen atoms in total. The van der Waals surface area contributed by atoms with Crippen molar-refractivity contribution in [2.45, 2.75) is 30.1 Å². The Kier molecular flexibility index (Phi) is 7.71. The van der Waals surface area contributed by atoms with Crippen LogP contribution in [0, 0.1) is 6.92 Å². The van der Waals surface area contributed by atoms with Gasteiger partial charge < -0.3 is 10.2 Å². The summed E-state index contributed by atoms with van der Waals surface area (Å²) in [5, 5.41) is 2.63. The molecule has 0 unspecified atom stereocenters. The Morgan fingerprint density at radius 2 is 1.44 bits per heavy atom. The SMILES string of the molecule is CCN1CCN(S(=O)(=O)c2ccc(NC(=O)CCS(=O)(=O)c3ccc(C)cc3)cc2)CC1. The van der Waals surface area contributed by atoms with Crippen LogP contribution in [0.25, 0.3) is 0 Å². The standard InChI is InChI=1S/C22H29N3O5S2/c1-3-24-13-15-25(16-14-24)32(29,30)21-10-6-19(7-11-21)23-22(26)12-17-31(27,28)20-8-4-18(2)5-9-20/h4-11H,3,12-17H2,1-2H3,(H,23,26). The van der Waals surface area contributed by atoms with Crippen molar-refractivity contribution >= 4 is 31.5 Å². The minimum atomic E-state index is -3.59. The first kappa shape index (κ1) is 24.4. The molecule has 0 bridgehead atoms. The summed E-state index contributed by atoms with van der Waals surface area (Å²) in [5.74, 6) is -0.759. The first-order valence-electron chi connectivity index (χ1n) is 10.5. The van der Waals surface area contributed by atoms with Crippen LogP contribution in [0.15, 0.2) is 58.3 Å². The fourth-order valence-electron chi connectivity index (χ4n) is 3.46. The number of carbonyl (C=O) groups excluding carboxylic acids is 1. The summed E-state index contributed by atoms with van der Waals surface area (Å²) >= 11 is 0. The number of anilines is 1. The van der Waals surface area contributed by atoms with Crippen LogP contribution in [0.2, 0.25) is 0 Å². The van der Waals surface area contributed by atoms with Gasteiger partial charge in [0, 0.05) is 38.3 Å². The fraction of sp³-hybridized carbons (Fsp3) is 0.409. The second-order valence-electron chi connectivity index (χ2n) is 7.79. The molecule has 10 heteroatoms. The zero-order valence-electron chi connectivity index (χ0n) is 18.3. The average Bonchev–Trinajstić information content (AvgIpc) is 2.78. The van der Waals surface area contributed by atoms with E-state index in [1.54, 1.807) is 12.1 Å². The molecule has 0 atom stereocenters. The van der Waals surface area contributed by atoms with Crippen molar-refractivity contribution in [3.05, 3.63) is 54.1 Å². The van der Waals surface area contributed by atoms with E-state index in [4.69, 9.17) is 0 Å². The lowest BCUT2D eigenvalue weighted by Gasteiger charge is -2.33. The molecular weight excluding hydrogens is 450 g/mol. The molecule has 0 saturated carbocycles. The predicted molar refractivity (Wildman–Crippen MR) is 124 cm³/mol. The van der Waals surface area contributed by atoms with E-state index in [0.29, 0.717) is 31.9 Å². The summed E-state index contributed by atoms with van der Waals surface area (Å²) in [6.07, 6.45) is -0.196. The molecule has 174 valence electrons. The van der Waals surface area contributed by atoms with E-state index < -0.39 is 25.8 Å². The third-order valence-electron chi connectivity index (χ3n) is 5.53. The molecule has 1 fully saturated rings. The molecule has 32 heavy (non-hydrogen) atoms. The Bertz CT molecular complexity index is 1140. The summed E-state index contributed by atoms with van der Waals surface area (Å²) < 4.78 is 51.9. The molecule has 1 heterocycles. The van der Waals surface area contributed by atoms with Gasteiger partial charge in [0.15, 0.2) is 9.84 Å². The molecule has 0 aromatic heterocycles. The van der Waals surface area contributed by atoms with Crippen molar-refractivity contribution in [2.75, 3.05) is 43.8 Å². The molecular formula is C22H29N3O5S2. The predicted octanol–water partition coefficient (Wildman–Crippen LogP) is 2.12. The van der Waals surface area contributed by atoms with Crippen LogP contribution in [0.3, 0.4) is 0 Å². The number of piperazine rings is 1. The smallest absolute Gasteiger partial charge is 0.243 e. The number of likely N-dealkylation sites (N-methyl/N-ethyl adjacent to an activating group) is 1. The first-order chi connectivity index (χ1) is 15.1. The molecule has 0 aliphatic carbocycles. The lowest BCUT2D eigenvalue weighted by molar-refractivity contribution is -0.115. The number of benzene rings is 2. The molecule has 1 aliphatic rings. The zero-order chi connectivity index (χ0) is 23.4. The molecule has 3 rings (SSSR count). The number of aryl methyl sites for hydroxylation is 1. The zero-order valence-corrected chi connectivity index (χ0v) is 20.0. The van der Waals surface area contributed by atoms with Gasteiger partial charge in [-0.1, -0.05) is 24.6 Å². The molecule has 0 radical (unpaired) electrons. The third-order valence-corrected chi connectivity index (χ3v) is 9.18. The van der Waals surface area contributed by atoms with E-state index in [-0.39, 0.29) is 22.0 Å². The minimum absolute atomic E-state index is 0.169. The number of sulfonamides is 1. The highest BCUT2D eigenvalue weighted by atomic mass is 32.2. The summed E-state index contributed by atoms with van der Waals surface area (Å²) in [7, 11) is -7.15. The Labute approximate surface area is 190 Å². The van der Waals surface area contributed by atoms with Crippen LogP contribution in [0.1, 0.15) is 18.9 Å². The quantitative estimate of drug-likeness (QED) is 0.622. The highest BCUT2D eigenvalue weighted by Crippen LogP contribution is 2.20. The molecule has 2 aromatic carbocycles. The summed E-state index contributed by atoms with van der Waals surface area (Å²) in [5.41, 5.74) is 1.37. The molecule has 1 amide bonds. The van der Waals surface area contributed by atoms with E-state index in [2.05, 4.69) is 17.1 Å². The topological polar surface area (TPSA) is 104 Å². The van der Waals surface area contributed by atoms with Crippen molar-refractivity contribution in [3.8, 4) is 0 Å². The normalized spacial score (nSPS) is 16.1. The maximum absolute atomic E-state index is 12.8. The Morgan fingerprint density at radius 3 is 2.00 bits per heavy atom. The summed E-state index contributed by atoms with van der Waals surface area (Å²) in [6.45, 7) is 7.12. The number of amides is 1. The van der Waals surface area contributed by atoms with Crippen molar-refractivity contribution in [2.24, 2.45) is 0 Å². The van der Waals surface area contributed by atoms with Crippen LogP contribution >= 0.6 is 0 Å². The van der Waals surface area contributed by atoms with Gasteiger partial charge in [0.05, 0.1) is 15.5 Å².